The van der Waals surface area contributed by atoms with Gasteiger partial charge in [-0.25, -0.2) is 9.48 Å². The van der Waals surface area contributed by atoms with Gasteiger partial charge in [0.2, 0.25) is 11.6 Å². The normalized spacial score (nSPS) is 20.8. The molecule has 0 N–H and O–H groups in total. The molecule has 184 valence electrons. The predicted molar refractivity (Wildman–Crippen MR) is 115 cm³/mol. The highest BCUT2D eigenvalue weighted by Gasteiger charge is 2.52. The summed E-state index contributed by atoms with van der Waals surface area (Å²) in [6.45, 7) is 3.19. The second kappa shape index (κ2) is 11.3. The Hall–Kier alpha value is -4.24. The van der Waals surface area contributed by atoms with Crippen LogP contribution in [-0.2, 0) is 38.1 Å². The minimum Gasteiger partial charge on any atom is -0.463 e. The molecule has 0 spiro atoms. The molecule has 12 nitrogen and oxygen atoms in total. The Labute approximate surface area is 200 Å². The highest BCUT2D eigenvalue weighted by molar-refractivity contribution is 5.85. The van der Waals surface area contributed by atoms with Gasteiger partial charge in [-0.05, 0) is 18.1 Å². The summed E-state index contributed by atoms with van der Waals surface area (Å²) in [5.74, 6) is 2.45. The van der Waals surface area contributed by atoms with Crippen LogP contribution < -0.4 is 0 Å². The average molecular weight is 485 g/mol. The minimum absolute atomic E-state index is 0.0353. The number of rotatable bonds is 6. The smallest absolute Gasteiger partial charge is 0.375 e. The Kier molecular flexibility index (Phi) is 8.17. The highest BCUT2D eigenvalue weighted by atomic mass is 16.7. The van der Waals surface area contributed by atoms with Crippen LogP contribution in [0.1, 0.15) is 49.0 Å². The van der Waals surface area contributed by atoms with Crippen LogP contribution in [-0.4, -0.2) is 70.7 Å². The van der Waals surface area contributed by atoms with Crippen LogP contribution >= 0.6 is 0 Å². The fraction of sp³-hybridized carbons (Fsp3) is 0.391. The molecule has 0 unspecified atom stereocenters. The quantitative estimate of drug-likeness (QED) is 0.325. The molecule has 0 radical (unpaired) electrons. The molecule has 12 heteroatoms. The van der Waals surface area contributed by atoms with E-state index in [1.54, 1.807) is 12.1 Å². The predicted octanol–water partition coefficient (Wildman–Crippen LogP) is 0.788. The first kappa shape index (κ1) is 25.4. The summed E-state index contributed by atoms with van der Waals surface area (Å²) in [6.07, 6.45) is -4.74. The van der Waals surface area contributed by atoms with Crippen LogP contribution in [0.25, 0.3) is 0 Å². The van der Waals surface area contributed by atoms with Crippen molar-refractivity contribution in [3.8, 4) is 11.8 Å². The molecule has 1 aromatic carbocycles. The summed E-state index contributed by atoms with van der Waals surface area (Å²) < 4.78 is 27.5. The highest BCUT2D eigenvalue weighted by Crippen LogP contribution is 2.34. The summed E-state index contributed by atoms with van der Waals surface area (Å²) >= 11 is 0. The first-order valence-electron chi connectivity index (χ1n) is 10.4. The zero-order valence-corrected chi connectivity index (χ0v) is 19.4. The zero-order valence-electron chi connectivity index (χ0n) is 19.4. The van der Waals surface area contributed by atoms with Gasteiger partial charge in [0.05, 0.1) is 7.11 Å². The van der Waals surface area contributed by atoms with E-state index in [-0.39, 0.29) is 18.3 Å². The molecule has 0 aliphatic carbocycles. The van der Waals surface area contributed by atoms with Crippen molar-refractivity contribution in [2.24, 2.45) is 0 Å². The third-order valence-electron chi connectivity index (χ3n) is 4.67. The largest absolute Gasteiger partial charge is 0.463 e. The number of hydrogen-bond donors (Lipinski definition) is 0. The van der Waals surface area contributed by atoms with E-state index in [1.165, 1.54) is 6.92 Å². The lowest BCUT2D eigenvalue weighted by molar-refractivity contribution is -0.166. The minimum atomic E-state index is -1.28. The van der Waals surface area contributed by atoms with Gasteiger partial charge in [0.1, 0.15) is 12.7 Å². The molecule has 0 saturated carbocycles. The fourth-order valence-corrected chi connectivity index (χ4v) is 3.32. The molecule has 35 heavy (non-hydrogen) atoms. The second-order valence-electron chi connectivity index (χ2n) is 7.33. The van der Waals surface area contributed by atoms with E-state index in [1.807, 2.05) is 18.2 Å². The van der Waals surface area contributed by atoms with Gasteiger partial charge in [0.25, 0.3) is 0 Å². The Bertz CT molecular complexity index is 1170. The number of methoxy groups -OCH3 is 1. The van der Waals surface area contributed by atoms with Crippen molar-refractivity contribution >= 4 is 23.9 Å². The molecule has 2 heterocycles. The van der Waals surface area contributed by atoms with Crippen LogP contribution in [0.3, 0.4) is 0 Å². The molecular weight excluding hydrogens is 462 g/mol. The summed E-state index contributed by atoms with van der Waals surface area (Å²) in [7, 11) is 1.15. The first-order valence-corrected chi connectivity index (χ1v) is 10.4. The molecule has 1 aliphatic rings. The maximum Gasteiger partial charge on any atom is 0.375 e. The number of carbonyl (C=O) groups is 4. The summed E-state index contributed by atoms with van der Waals surface area (Å²) in [5.41, 5.74) is 0.690. The van der Waals surface area contributed by atoms with Gasteiger partial charge in [-0.15, -0.1) is 5.10 Å². The third-order valence-corrected chi connectivity index (χ3v) is 4.67. The summed E-state index contributed by atoms with van der Waals surface area (Å²) in [4.78, 5) is 51.5. The van der Waals surface area contributed by atoms with Crippen LogP contribution in [0.2, 0.25) is 0 Å². The monoisotopic (exact) mass is 485 g/mol. The molecule has 1 fully saturated rings. The Morgan fingerprint density at radius 2 is 1.63 bits per heavy atom. The van der Waals surface area contributed by atoms with Gasteiger partial charge >= 0.3 is 23.9 Å². The van der Waals surface area contributed by atoms with Gasteiger partial charge in [0, 0.05) is 26.3 Å². The van der Waals surface area contributed by atoms with Crippen LogP contribution in [0, 0.1) is 11.8 Å². The summed E-state index contributed by atoms with van der Waals surface area (Å²) in [6, 6.07) is 9.03. The lowest BCUT2D eigenvalue weighted by atomic mass is 10.1. The van der Waals surface area contributed by atoms with Crippen molar-refractivity contribution in [3.63, 3.8) is 0 Å². The molecular formula is C23H23N3O9. The van der Waals surface area contributed by atoms with E-state index >= 15 is 0 Å². The van der Waals surface area contributed by atoms with Crippen molar-refractivity contribution in [3.05, 3.63) is 47.5 Å². The number of aromatic nitrogens is 3. The second-order valence-corrected chi connectivity index (χ2v) is 7.33. The standard InChI is InChI=1S/C23H23N3O9/c1-13(27)32-12-17-19(33-14(2)28)20(34-15(3)29)22(35-17)26-21(23(30)31-4)24-18(25-26)11-10-16-8-6-5-7-9-16/h5-9,17,19-20,22H,12H2,1-4H3/t17-,19-,20-,22-/m1/s1. The van der Waals surface area contributed by atoms with Gasteiger partial charge < -0.3 is 23.7 Å². The molecule has 0 amide bonds. The third kappa shape index (κ3) is 6.42. The summed E-state index contributed by atoms with van der Waals surface area (Å²) in [5, 5.41) is 4.24. The fourth-order valence-electron chi connectivity index (χ4n) is 3.32. The van der Waals surface area contributed by atoms with Crippen molar-refractivity contribution in [1.29, 1.82) is 0 Å². The van der Waals surface area contributed by atoms with E-state index in [9.17, 15) is 19.2 Å². The van der Waals surface area contributed by atoms with Gasteiger partial charge in [0.15, 0.2) is 18.4 Å². The number of nitrogens with zero attached hydrogens (tertiary/aromatic N) is 3. The van der Waals surface area contributed by atoms with E-state index < -0.39 is 48.4 Å². The topological polar surface area (TPSA) is 145 Å². The average Bonchev–Trinajstić information content (AvgIpc) is 3.37. The van der Waals surface area contributed by atoms with Gasteiger partial charge in [-0.2, -0.15) is 4.98 Å². The molecule has 0 bridgehead atoms. The maximum absolute atomic E-state index is 12.5. The van der Waals surface area contributed by atoms with Crippen molar-refractivity contribution < 1.29 is 42.9 Å². The van der Waals surface area contributed by atoms with Gasteiger partial charge in [-0.1, -0.05) is 24.1 Å². The molecule has 2 aromatic rings. The SMILES string of the molecule is COC(=O)c1nc(C#Cc2ccccc2)nn1[C@@H]1O[C@H](COC(C)=O)[C@@H](OC(C)=O)[C@H]1OC(C)=O. The molecule has 1 saturated heterocycles. The maximum atomic E-state index is 12.5. The van der Waals surface area contributed by atoms with Crippen molar-refractivity contribution in [2.75, 3.05) is 13.7 Å². The Morgan fingerprint density at radius 3 is 2.23 bits per heavy atom. The number of esters is 4. The van der Waals surface area contributed by atoms with Crippen LogP contribution in [0.5, 0.6) is 0 Å². The Balaban J connectivity index is 2.04. The van der Waals surface area contributed by atoms with Crippen molar-refractivity contribution in [1.82, 2.24) is 14.8 Å². The van der Waals surface area contributed by atoms with E-state index in [4.69, 9.17) is 23.7 Å². The van der Waals surface area contributed by atoms with E-state index in [0.29, 0.717) is 5.56 Å². The van der Waals surface area contributed by atoms with Crippen LogP contribution in [0.15, 0.2) is 30.3 Å². The van der Waals surface area contributed by atoms with Gasteiger partial charge in [-0.3, -0.25) is 14.4 Å². The first-order chi connectivity index (χ1) is 16.7. The lowest BCUT2D eigenvalue weighted by Crippen LogP contribution is -2.41. The molecule has 4 atom stereocenters. The van der Waals surface area contributed by atoms with E-state index in [0.717, 1.165) is 25.6 Å². The lowest BCUT2D eigenvalue weighted by Gasteiger charge is -2.23. The van der Waals surface area contributed by atoms with Crippen molar-refractivity contribution in [2.45, 2.75) is 45.3 Å². The molecule has 1 aliphatic heterocycles. The number of ether oxygens (including phenoxy) is 5. The van der Waals surface area contributed by atoms with E-state index in [2.05, 4.69) is 21.9 Å². The Morgan fingerprint density at radius 1 is 0.971 bits per heavy atom. The molecule has 3 rings (SSSR count). The number of benzene rings is 1. The van der Waals surface area contributed by atoms with Crippen LogP contribution in [0.4, 0.5) is 0 Å². The zero-order chi connectivity index (χ0) is 25.5. The number of hydrogen-bond acceptors (Lipinski definition) is 11. The molecule has 1 aromatic heterocycles. The number of carbonyl (C=O) groups excluding carboxylic acids is 4.